The summed E-state index contributed by atoms with van der Waals surface area (Å²) >= 11 is 2.70. The van der Waals surface area contributed by atoms with Crippen LogP contribution in [0.2, 0.25) is 0 Å². The van der Waals surface area contributed by atoms with Gasteiger partial charge in [-0.2, -0.15) is 0 Å². The Hall–Kier alpha value is -0.0234. The Balaban J connectivity index is 0. The molecule has 0 aliphatic heterocycles. The molecule has 0 aromatic carbocycles. The van der Waals surface area contributed by atoms with E-state index in [2.05, 4.69) is 41.5 Å². The fourth-order valence-corrected chi connectivity index (χ4v) is 3.08. The predicted octanol–water partition coefficient (Wildman–Crippen LogP) is 4.75. The monoisotopic (exact) mass is 793 g/mol. The zero-order chi connectivity index (χ0) is 24.6. The van der Waals surface area contributed by atoms with E-state index in [0.717, 1.165) is 0 Å². The molecule has 0 spiro atoms. The van der Waals surface area contributed by atoms with Gasteiger partial charge < -0.3 is 0 Å². The minimum atomic E-state index is -3.24. The third-order valence-electron chi connectivity index (χ3n) is 3.80. The summed E-state index contributed by atoms with van der Waals surface area (Å²) in [6.07, 6.45) is 6.80. The van der Waals surface area contributed by atoms with E-state index in [0.29, 0.717) is 0 Å². The molecule has 0 aliphatic rings. The maximum absolute atomic E-state index is 11.6. The Morgan fingerprint density at radius 1 is 0.767 bits per heavy atom. The van der Waals surface area contributed by atoms with Crippen molar-refractivity contribution in [1.29, 1.82) is 4.78 Å². The normalized spacial score (nSPS) is 14.7. The van der Waals surface area contributed by atoms with Gasteiger partial charge >= 0.3 is 208 Å². The van der Waals surface area contributed by atoms with Gasteiger partial charge in [-0.25, -0.2) is 0 Å². The number of rotatable bonds is 8. The van der Waals surface area contributed by atoms with E-state index in [1.54, 1.807) is 26.0 Å². The van der Waals surface area contributed by atoms with Crippen LogP contribution in [0.4, 0.5) is 0 Å². The first-order valence-electron chi connectivity index (χ1n) is 9.41. The van der Waals surface area contributed by atoms with Crippen molar-refractivity contribution in [2.75, 3.05) is 11.5 Å². The standard InChI is InChI=1S/C11H18NOS.C11H17O2S.2W/c2*1-6-14(12,13)10(2)8-7-9-11(3,4)5;;/h2,7-8,12H,6H2,1,3-5H3;2,7-8H,6H2,1,3-5H3;;/q2*-1;;. The molecule has 8 heteroatoms. The quantitative estimate of drug-likeness (QED) is 0.285. The van der Waals surface area contributed by atoms with Crippen molar-refractivity contribution in [2.45, 2.75) is 55.4 Å². The van der Waals surface area contributed by atoms with Crippen LogP contribution in [0.1, 0.15) is 55.4 Å². The van der Waals surface area contributed by atoms with Gasteiger partial charge in [-0.1, -0.05) is 0 Å². The van der Waals surface area contributed by atoms with E-state index in [1.165, 1.54) is 52.6 Å². The van der Waals surface area contributed by atoms with Crippen LogP contribution in [0, 0.1) is 28.8 Å². The molecule has 1 unspecified atom stereocenters. The summed E-state index contributed by atoms with van der Waals surface area (Å²) in [5.74, 6) is 0.315. The fraction of sp³-hybridized carbons (Fsp3) is 0.545. The molecular weight excluding hydrogens is 758 g/mol. The van der Waals surface area contributed by atoms with Crippen LogP contribution in [0.3, 0.4) is 0 Å². The molecule has 0 amide bonds. The summed E-state index contributed by atoms with van der Waals surface area (Å²) in [5.41, 5.74) is 0.184. The molecular formula is C22H35NO3S2W2-2. The average molecular weight is 793 g/mol. The minimum absolute atomic E-state index is 0.0462. The molecule has 0 heterocycles. The third-order valence-corrected chi connectivity index (χ3v) is 12.5. The van der Waals surface area contributed by atoms with Crippen LogP contribution >= 0.6 is 0 Å². The average Bonchev–Trinajstić information content (AvgIpc) is 2.61. The molecule has 30 heavy (non-hydrogen) atoms. The van der Waals surface area contributed by atoms with E-state index in [9.17, 15) is 12.6 Å². The second-order valence-electron chi connectivity index (χ2n) is 8.57. The van der Waals surface area contributed by atoms with Crippen LogP contribution in [-0.2, 0) is 58.3 Å². The summed E-state index contributed by atoms with van der Waals surface area (Å²) in [5, 5.41) is 0. The van der Waals surface area contributed by atoms with Crippen LogP contribution in [0.25, 0.3) is 0 Å². The Morgan fingerprint density at radius 3 is 1.37 bits per heavy atom. The van der Waals surface area contributed by atoms with Gasteiger partial charge in [0.25, 0.3) is 0 Å². The first-order chi connectivity index (χ1) is 13.2. The number of nitrogens with one attached hydrogen (secondary N) is 1. The van der Waals surface area contributed by atoms with E-state index in [-0.39, 0.29) is 32.1 Å². The van der Waals surface area contributed by atoms with Crippen molar-refractivity contribution in [2.24, 2.45) is 10.8 Å². The van der Waals surface area contributed by atoms with Gasteiger partial charge in [0.15, 0.2) is 0 Å². The SMILES string of the molecule is [CH-]=C(C=C[C](=[W])C(C)(C)C)S(=N)(=O)CC.[CH-]=C(C=C[C](=[W])C(C)(C)C)S(=O)(=O)CC. The molecule has 0 saturated heterocycles. The van der Waals surface area contributed by atoms with Crippen molar-refractivity contribution in [3.8, 4) is 0 Å². The van der Waals surface area contributed by atoms with Crippen molar-refractivity contribution in [1.82, 2.24) is 0 Å². The molecule has 0 radical (unpaired) electrons. The summed E-state index contributed by atoms with van der Waals surface area (Å²) in [4.78, 5) is 0.126. The Bertz CT molecular complexity index is 848. The second-order valence-corrected chi connectivity index (χ2v) is 16.4. The van der Waals surface area contributed by atoms with E-state index >= 15 is 0 Å². The van der Waals surface area contributed by atoms with Gasteiger partial charge in [-0.05, 0) is 0 Å². The molecule has 172 valence electrons. The van der Waals surface area contributed by atoms with Crippen LogP contribution in [0.5, 0.6) is 0 Å². The number of hydrogen-bond donors (Lipinski definition) is 1. The topological polar surface area (TPSA) is 75.1 Å². The molecule has 0 rings (SSSR count). The second kappa shape index (κ2) is 12.9. The van der Waals surface area contributed by atoms with Gasteiger partial charge in [0.05, 0.1) is 0 Å². The van der Waals surface area contributed by atoms with Crippen molar-refractivity contribution >= 4 is 27.4 Å². The molecule has 0 fully saturated rings. The first-order valence-corrected chi connectivity index (χ1v) is 15.7. The molecule has 0 aliphatic carbocycles. The molecule has 1 N–H and O–H groups in total. The van der Waals surface area contributed by atoms with Gasteiger partial charge in [0.2, 0.25) is 0 Å². The molecule has 0 aromatic heterocycles. The third kappa shape index (κ3) is 12.7. The number of allylic oxidation sites excluding steroid dienone is 4. The molecule has 4 nitrogen and oxygen atoms in total. The molecule has 1 atom stereocenters. The summed E-state index contributed by atoms with van der Waals surface area (Å²) in [7, 11) is -5.97. The Morgan fingerprint density at radius 2 is 1.10 bits per heavy atom. The van der Waals surface area contributed by atoms with Gasteiger partial charge in [0, 0.05) is 0 Å². The Labute approximate surface area is 207 Å². The summed E-state index contributed by atoms with van der Waals surface area (Å²) in [6, 6.07) is 0. The first kappa shape index (κ1) is 32.2. The molecule has 0 aromatic rings. The maximum atomic E-state index is 11.6. The van der Waals surface area contributed by atoms with Gasteiger partial charge in [-0.3, -0.25) is 0 Å². The van der Waals surface area contributed by atoms with Crippen LogP contribution in [0.15, 0.2) is 34.1 Å². The van der Waals surface area contributed by atoms with Crippen LogP contribution in [-0.4, -0.2) is 31.9 Å². The van der Waals surface area contributed by atoms with Crippen molar-refractivity contribution < 1.29 is 51.3 Å². The fourth-order valence-electron chi connectivity index (χ4n) is 1.36. The van der Waals surface area contributed by atoms with E-state index < -0.39 is 19.6 Å². The van der Waals surface area contributed by atoms with Crippen molar-refractivity contribution in [3.05, 3.63) is 47.3 Å². The number of hydrogen-bond acceptors (Lipinski definition) is 4. The number of sulfone groups is 1. The molecule has 0 saturated carbocycles. The van der Waals surface area contributed by atoms with E-state index in [4.69, 9.17) is 17.9 Å². The van der Waals surface area contributed by atoms with Gasteiger partial charge in [0.1, 0.15) is 0 Å². The predicted molar refractivity (Wildman–Crippen MR) is 124 cm³/mol. The summed E-state index contributed by atoms with van der Waals surface area (Å²) < 4.78 is 44.2. The van der Waals surface area contributed by atoms with Crippen molar-refractivity contribution in [3.63, 3.8) is 0 Å². The van der Waals surface area contributed by atoms with Crippen LogP contribution < -0.4 is 0 Å². The molecule has 0 bridgehead atoms. The van der Waals surface area contributed by atoms with E-state index in [1.807, 2.05) is 6.08 Å². The van der Waals surface area contributed by atoms with Gasteiger partial charge in [-0.15, -0.1) is 0 Å². The zero-order valence-electron chi connectivity index (χ0n) is 19.2. The summed E-state index contributed by atoms with van der Waals surface area (Å²) in [6.45, 7) is 27.0. The Kier molecular flexibility index (Phi) is 13.8. The zero-order valence-corrected chi connectivity index (χ0v) is 26.7.